The second-order valence-electron chi connectivity index (χ2n) is 8.33. The number of likely N-dealkylation sites (tertiary alicyclic amines) is 1. The largest absolute Gasteiger partial charge is 0.392 e. The molecule has 2 nitrogen and oxygen atoms in total. The molecule has 3 rings (SSSR count). The third-order valence-electron chi connectivity index (χ3n) is 6.47. The van der Waals surface area contributed by atoms with Crippen LogP contribution in [0.5, 0.6) is 0 Å². The van der Waals surface area contributed by atoms with E-state index >= 15 is 0 Å². The van der Waals surface area contributed by atoms with Gasteiger partial charge in [0.1, 0.15) is 0 Å². The van der Waals surface area contributed by atoms with Crippen molar-refractivity contribution in [1.29, 1.82) is 0 Å². The Morgan fingerprint density at radius 1 is 1.00 bits per heavy atom. The molecule has 0 amide bonds. The summed E-state index contributed by atoms with van der Waals surface area (Å²) in [5.41, 5.74) is 0.130. The molecule has 3 fully saturated rings. The van der Waals surface area contributed by atoms with Crippen molar-refractivity contribution >= 4 is 0 Å². The molecule has 2 aliphatic carbocycles. The Balaban J connectivity index is 1.61. The van der Waals surface area contributed by atoms with Crippen LogP contribution in [0.25, 0.3) is 0 Å². The fourth-order valence-corrected chi connectivity index (χ4v) is 5.21. The number of aliphatic hydroxyl groups excluding tert-OH is 1. The Morgan fingerprint density at radius 2 is 1.75 bits per heavy atom. The molecular weight excluding hydrogens is 246 g/mol. The lowest BCUT2D eigenvalue weighted by Gasteiger charge is -2.43. The summed E-state index contributed by atoms with van der Waals surface area (Å²) in [7, 11) is 0. The molecule has 2 heteroatoms. The van der Waals surface area contributed by atoms with Crippen LogP contribution in [0.3, 0.4) is 0 Å². The van der Waals surface area contributed by atoms with Gasteiger partial charge in [0.25, 0.3) is 0 Å². The molecule has 1 aliphatic heterocycles. The zero-order valence-electron chi connectivity index (χ0n) is 13.5. The van der Waals surface area contributed by atoms with E-state index in [-0.39, 0.29) is 11.5 Å². The van der Waals surface area contributed by atoms with E-state index in [4.69, 9.17) is 0 Å². The third kappa shape index (κ3) is 2.92. The average Bonchev–Trinajstić information content (AvgIpc) is 3.05. The van der Waals surface area contributed by atoms with Gasteiger partial charge in [-0.1, -0.05) is 33.1 Å². The molecular formula is C18H33NO. The van der Waals surface area contributed by atoms with Gasteiger partial charge in [-0.15, -0.1) is 0 Å². The molecule has 0 spiro atoms. The number of aliphatic hydroxyl groups is 1. The lowest BCUT2D eigenvalue weighted by atomic mass is 9.69. The summed E-state index contributed by atoms with van der Waals surface area (Å²) in [6.45, 7) is 6.95. The Bertz CT molecular complexity index is 321. The van der Waals surface area contributed by atoms with Crippen molar-refractivity contribution in [2.45, 2.75) is 83.8 Å². The van der Waals surface area contributed by atoms with E-state index in [2.05, 4.69) is 18.7 Å². The van der Waals surface area contributed by atoms with Gasteiger partial charge in [0.2, 0.25) is 0 Å². The van der Waals surface area contributed by atoms with Crippen LogP contribution in [0, 0.1) is 17.3 Å². The third-order valence-corrected chi connectivity index (χ3v) is 6.47. The van der Waals surface area contributed by atoms with Gasteiger partial charge in [-0.3, -0.25) is 4.90 Å². The van der Waals surface area contributed by atoms with Crippen molar-refractivity contribution in [3.8, 4) is 0 Å². The van der Waals surface area contributed by atoms with Crippen LogP contribution < -0.4 is 0 Å². The van der Waals surface area contributed by atoms with E-state index in [1.165, 1.54) is 64.3 Å². The molecule has 0 aromatic rings. The molecule has 0 radical (unpaired) electrons. The Hall–Kier alpha value is -0.0800. The minimum Gasteiger partial charge on any atom is -0.392 e. The van der Waals surface area contributed by atoms with Crippen molar-refractivity contribution in [3.63, 3.8) is 0 Å². The van der Waals surface area contributed by atoms with E-state index in [1.807, 2.05) is 0 Å². The molecule has 1 saturated heterocycles. The molecule has 0 aromatic carbocycles. The van der Waals surface area contributed by atoms with Crippen molar-refractivity contribution in [2.75, 3.05) is 13.1 Å². The molecule has 3 atom stereocenters. The summed E-state index contributed by atoms with van der Waals surface area (Å²) < 4.78 is 0. The highest BCUT2D eigenvalue weighted by atomic mass is 16.3. The topological polar surface area (TPSA) is 23.5 Å². The molecule has 1 N–H and O–H groups in total. The summed E-state index contributed by atoms with van der Waals surface area (Å²) in [4.78, 5) is 2.76. The number of nitrogens with zero attached hydrogens (tertiary/aromatic N) is 1. The zero-order chi connectivity index (χ0) is 14.2. The predicted octanol–water partition coefficient (Wildman–Crippen LogP) is 3.83. The lowest BCUT2D eigenvalue weighted by Crippen LogP contribution is -2.47. The number of hydrogen-bond acceptors (Lipinski definition) is 2. The van der Waals surface area contributed by atoms with Gasteiger partial charge in [-0.25, -0.2) is 0 Å². The first kappa shape index (κ1) is 14.8. The molecule has 116 valence electrons. The van der Waals surface area contributed by atoms with Crippen molar-refractivity contribution in [3.05, 3.63) is 0 Å². The van der Waals surface area contributed by atoms with Gasteiger partial charge >= 0.3 is 0 Å². The van der Waals surface area contributed by atoms with Gasteiger partial charge in [0, 0.05) is 12.6 Å². The van der Waals surface area contributed by atoms with E-state index < -0.39 is 0 Å². The fraction of sp³-hybridized carbons (Fsp3) is 1.00. The standard InChI is InChI=1S/C18H33NO/c1-18(2)11-5-9-15(17(18)20)13-19-12-6-10-16(19)14-7-3-4-8-14/h14-17,20H,3-13H2,1-2H3. The maximum atomic E-state index is 10.7. The number of hydrogen-bond donors (Lipinski definition) is 1. The van der Waals surface area contributed by atoms with Crippen LogP contribution in [0.4, 0.5) is 0 Å². The molecule has 3 aliphatic rings. The summed E-state index contributed by atoms with van der Waals surface area (Å²) in [5.74, 6) is 1.48. The van der Waals surface area contributed by atoms with E-state index in [0.717, 1.165) is 18.5 Å². The molecule has 20 heavy (non-hydrogen) atoms. The molecule has 0 bridgehead atoms. The Kier molecular flexibility index (Phi) is 4.42. The highest BCUT2D eigenvalue weighted by Crippen LogP contribution is 2.41. The van der Waals surface area contributed by atoms with Crippen molar-refractivity contribution in [1.82, 2.24) is 4.90 Å². The van der Waals surface area contributed by atoms with Crippen LogP contribution in [0.1, 0.15) is 71.6 Å². The SMILES string of the molecule is CC1(C)CCCC(CN2CCCC2C2CCCC2)C1O. The zero-order valence-corrected chi connectivity index (χ0v) is 13.5. The smallest absolute Gasteiger partial charge is 0.0631 e. The quantitative estimate of drug-likeness (QED) is 0.849. The van der Waals surface area contributed by atoms with Gasteiger partial charge in [0.05, 0.1) is 6.10 Å². The van der Waals surface area contributed by atoms with E-state index in [0.29, 0.717) is 5.92 Å². The Morgan fingerprint density at radius 3 is 2.50 bits per heavy atom. The molecule has 1 heterocycles. The maximum Gasteiger partial charge on any atom is 0.0631 e. The highest BCUT2D eigenvalue weighted by molar-refractivity contribution is 4.93. The summed E-state index contributed by atoms with van der Waals surface area (Å²) in [5, 5.41) is 10.7. The molecule has 2 saturated carbocycles. The van der Waals surface area contributed by atoms with Crippen LogP contribution in [-0.2, 0) is 0 Å². The second-order valence-corrected chi connectivity index (χ2v) is 8.33. The second kappa shape index (κ2) is 5.96. The van der Waals surface area contributed by atoms with Crippen LogP contribution in [0.15, 0.2) is 0 Å². The highest BCUT2D eigenvalue weighted by Gasteiger charge is 2.41. The number of rotatable bonds is 3. The minimum atomic E-state index is -0.0962. The van der Waals surface area contributed by atoms with Crippen molar-refractivity contribution in [2.24, 2.45) is 17.3 Å². The van der Waals surface area contributed by atoms with E-state index in [9.17, 15) is 5.11 Å². The monoisotopic (exact) mass is 279 g/mol. The summed E-state index contributed by atoms with van der Waals surface area (Å²) in [6.07, 6.45) is 12.2. The lowest BCUT2D eigenvalue weighted by molar-refractivity contribution is -0.0458. The fourth-order valence-electron chi connectivity index (χ4n) is 5.21. The van der Waals surface area contributed by atoms with Gasteiger partial charge in [-0.05, 0) is 62.3 Å². The van der Waals surface area contributed by atoms with Crippen LogP contribution in [0.2, 0.25) is 0 Å². The van der Waals surface area contributed by atoms with Crippen LogP contribution >= 0.6 is 0 Å². The first-order chi connectivity index (χ1) is 9.58. The van der Waals surface area contributed by atoms with Crippen molar-refractivity contribution < 1.29 is 5.11 Å². The normalized spacial score (nSPS) is 39.5. The summed E-state index contributed by atoms with van der Waals surface area (Å²) in [6, 6.07) is 0.842. The predicted molar refractivity (Wildman–Crippen MR) is 83.7 cm³/mol. The first-order valence-corrected chi connectivity index (χ1v) is 9.00. The minimum absolute atomic E-state index is 0.0962. The van der Waals surface area contributed by atoms with Gasteiger partial charge in [0.15, 0.2) is 0 Å². The Labute approximate surface area is 124 Å². The average molecular weight is 279 g/mol. The van der Waals surface area contributed by atoms with Crippen LogP contribution in [-0.4, -0.2) is 35.2 Å². The first-order valence-electron chi connectivity index (χ1n) is 9.00. The van der Waals surface area contributed by atoms with Gasteiger partial charge in [-0.2, -0.15) is 0 Å². The van der Waals surface area contributed by atoms with E-state index in [1.54, 1.807) is 0 Å². The maximum absolute atomic E-state index is 10.7. The summed E-state index contributed by atoms with van der Waals surface area (Å²) >= 11 is 0. The molecule has 3 unspecified atom stereocenters. The molecule has 0 aromatic heterocycles. The van der Waals surface area contributed by atoms with Gasteiger partial charge < -0.3 is 5.11 Å².